The summed E-state index contributed by atoms with van der Waals surface area (Å²) >= 11 is 3.28. The Kier molecular flexibility index (Phi) is 5.38. The number of anilines is 1. The van der Waals surface area contributed by atoms with Crippen molar-refractivity contribution in [3.63, 3.8) is 0 Å². The van der Waals surface area contributed by atoms with Crippen LogP contribution in [0.25, 0.3) is 0 Å². The molecule has 1 heterocycles. The molecule has 130 valence electrons. The lowest BCUT2D eigenvalue weighted by Crippen LogP contribution is -2.19. The maximum Gasteiger partial charge on any atom is 0.422 e. The third kappa shape index (κ3) is 5.10. The zero-order valence-corrected chi connectivity index (χ0v) is 14.7. The largest absolute Gasteiger partial charge is 0.468 e. The van der Waals surface area contributed by atoms with Crippen molar-refractivity contribution in [2.45, 2.75) is 18.0 Å². The first kappa shape index (κ1) is 18.5. The van der Waals surface area contributed by atoms with Crippen LogP contribution in [0.3, 0.4) is 0 Å². The second kappa shape index (κ2) is 6.98. The Morgan fingerprint density at radius 2 is 1.96 bits per heavy atom. The van der Waals surface area contributed by atoms with Gasteiger partial charge in [0.05, 0.1) is 16.8 Å². The molecule has 5 nitrogen and oxygen atoms in total. The maximum absolute atomic E-state index is 12.3. The Morgan fingerprint density at radius 1 is 1.25 bits per heavy atom. The van der Waals surface area contributed by atoms with E-state index in [0.717, 1.165) is 22.3 Å². The van der Waals surface area contributed by atoms with E-state index in [2.05, 4.69) is 30.4 Å². The SMILES string of the molecule is Cc1cc(S(=O)(=O)Nc2ccc(OCC(F)(F)F)nc2)ccc1Br. The molecule has 0 bridgehead atoms. The topological polar surface area (TPSA) is 68.3 Å². The predicted molar refractivity (Wildman–Crippen MR) is 85.5 cm³/mol. The van der Waals surface area contributed by atoms with E-state index in [1.54, 1.807) is 13.0 Å². The van der Waals surface area contributed by atoms with Crippen molar-refractivity contribution in [2.75, 3.05) is 11.3 Å². The molecule has 0 aliphatic heterocycles. The van der Waals surface area contributed by atoms with Gasteiger partial charge in [-0.15, -0.1) is 0 Å². The third-order valence-corrected chi connectivity index (χ3v) is 5.08. The van der Waals surface area contributed by atoms with E-state index in [4.69, 9.17) is 0 Å². The van der Waals surface area contributed by atoms with Crippen LogP contribution in [0.2, 0.25) is 0 Å². The zero-order chi connectivity index (χ0) is 18.0. The molecule has 0 unspecified atom stereocenters. The molecule has 10 heteroatoms. The second-order valence-electron chi connectivity index (χ2n) is 4.81. The molecule has 2 aromatic rings. The molecule has 0 spiro atoms. The Labute approximate surface area is 145 Å². The third-order valence-electron chi connectivity index (χ3n) is 2.81. The molecule has 0 radical (unpaired) electrons. The summed E-state index contributed by atoms with van der Waals surface area (Å²) < 4.78 is 68.2. The minimum absolute atomic E-state index is 0.0561. The molecule has 0 aliphatic carbocycles. The van der Waals surface area contributed by atoms with Gasteiger partial charge in [-0.2, -0.15) is 13.2 Å². The molecular weight excluding hydrogens is 413 g/mol. The van der Waals surface area contributed by atoms with E-state index in [0.29, 0.717) is 0 Å². The summed E-state index contributed by atoms with van der Waals surface area (Å²) in [6, 6.07) is 6.93. The molecule has 1 aromatic heterocycles. The summed E-state index contributed by atoms with van der Waals surface area (Å²) in [5.41, 5.74) is 0.849. The first-order valence-electron chi connectivity index (χ1n) is 6.51. The molecule has 0 fully saturated rings. The van der Waals surface area contributed by atoms with Crippen LogP contribution in [0.5, 0.6) is 5.88 Å². The van der Waals surface area contributed by atoms with Crippen LogP contribution in [0.15, 0.2) is 45.9 Å². The van der Waals surface area contributed by atoms with Gasteiger partial charge in [0, 0.05) is 10.5 Å². The van der Waals surface area contributed by atoms with Gasteiger partial charge >= 0.3 is 6.18 Å². The highest BCUT2D eigenvalue weighted by molar-refractivity contribution is 9.10. The molecule has 1 N–H and O–H groups in total. The van der Waals surface area contributed by atoms with Gasteiger partial charge in [-0.05, 0) is 36.8 Å². The number of sulfonamides is 1. The number of alkyl halides is 3. The molecular formula is C14H12BrF3N2O3S. The van der Waals surface area contributed by atoms with E-state index in [9.17, 15) is 21.6 Å². The number of pyridine rings is 1. The van der Waals surface area contributed by atoms with Crippen LogP contribution >= 0.6 is 15.9 Å². The number of hydrogen-bond donors (Lipinski definition) is 1. The fraction of sp³-hybridized carbons (Fsp3) is 0.214. The van der Waals surface area contributed by atoms with Gasteiger partial charge in [-0.1, -0.05) is 15.9 Å². The highest BCUT2D eigenvalue weighted by atomic mass is 79.9. The summed E-state index contributed by atoms with van der Waals surface area (Å²) in [4.78, 5) is 3.69. The van der Waals surface area contributed by atoms with Crippen molar-refractivity contribution >= 4 is 31.6 Å². The second-order valence-corrected chi connectivity index (χ2v) is 7.34. The highest BCUT2D eigenvalue weighted by Gasteiger charge is 2.28. The van der Waals surface area contributed by atoms with Crippen molar-refractivity contribution in [1.29, 1.82) is 0 Å². The number of rotatable bonds is 5. The minimum Gasteiger partial charge on any atom is -0.468 e. The van der Waals surface area contributed by atoms with Crippen molar-refractivity contribution in [1.82, 2.24) is 4.98 Å². The normalized spacial score (nSPS) is 12.0. The van der Waals surface area contributed by atoms with Crippen molar-refractivity contribution in [3.05, 3.63) is 46.6 Å². The summed E-state index contributed by atoms with van der Waals surface area (Å²) in [5, 5.41) is 0. The monoisotopic (exact) mass is 424 g/mol. The molecule has 0 amide bonds. The number of nitrogens with one attached hydrogen (secondary N) is 1. The van der Waals surface area contributed by atoms with Gasteiger partial charge in [0.1, 0.15) is 0 Å². The summed E-state index contributed by atoms with van der Waals surface area (Å²) in [6.07, 6.45) is -3.39. The van der Waals surface area contributed by atoms with E-state index in [1.165, 1.54) is 18.2 Å². The Balaban J connectivity index is 2.11. The van der Waals surface area contributed by atoms with E-state index in [-0.39, 0.29) is 16.5 Å². The fourth-order valence-corrected chi connectivity index (χ4v) is 3.05. The molecule has 0 aliphatic rings. The summed E-state index contributed by atoms with van der Waals surface area (Å²) in [6.45, 7) is 0.278. The van der Waals surface area contributed by atoms with Crippen LogP contribution < -0.4 is 9.46 Å². The van der Waals surface area contributed by atoms with Crippen LogP contribution in [0, 0.1) is 6.92 Å². The lowest BCUT2D eigenvalue weighted by molar-refractivity contribution is -0.154. The molecule has 0 saturated carbocycles. The maximum atomic E-state index is 12.3. The van der Waals surface area contributed by atoms with Crippen molar-refractivity contribution < 1.29 is 26.3 Å². The predicted octanol–water partition coefficient (Wildman–Crippen LogP) is 3.89. The Hall–Kier alpha value is -1.81. The van der Waals surface area contributed by atoms with Crippen LogP contribution in [-0.2, 0) is 10.0 Å². The Bertz CT molecular complexity index is 824. The standard InChI is InChI=1S/C14H12BrF3N2O3S/c1-9-6-11(3-4-12(9)15)24(21,22)20-10-2-5-13(19-7-10)23-8-14(16,17)18/h2-7,20H,8H2,1H3. The molecule has 2 rings (SSSR count). The number of ether oxygens (including phenoxy) is 1. The number of aromatic nitrogens is 1. The number of hydrogen-bond acceptors (Lipinski definition) is 4. The van der Waals surface area contributed by atoms with Gasteiger partial charge in [0.2, 0.25) is 5.88 Å². The Morgan fingerprint density at radius 3 is 2.50 bits per heavy atom. The van der Waals surface area contributed by atoms with Gasteiger partial charge in [-0.25, -0.2) is 13.4 Å². The van der Waals surface area contributed by atoms with Crippen molar-refractivity contribution in [2.24, 2.45) is 0 Å². The number of benzene rings is 1. The fourth-order valence-electron chi connectivity index (χ4n) is 1.68. The van der Waals surface area contributed by atoms with E-state index >= 15 is 0 Å². The minimum atomic E-state index is -4.47. The number of halogens is 4. The van der Waals surface area contributed by atoms with Gasteiger partial charge in [0.25, 0.3) is 10.0 Å². The van der Waals surface area contributed by atoms with Crippen LogP contribution in [0.1, 0.15) is 5.56 Å². The first-order chi connectivity index (χ1) is 11.1. The van der Waals surface area contributed by atoms with E-state index < -0.39 is 22.8 Å². The highest BCUT2D eigenvalue weighted by Crippen LogP contribution is 2.23. The smallest absolute Gasteiger partial charge is 0.422 e. The van der Waals surface area contributed by atoms with Crippen molar-refractivity contribution in [3.8, 4) is 5.88 Å². The first-order valence-corrected chi connectivity index (χ1v) is 8.79. The molecule has 1 aromatic carbocycles. The molecule has 0 atom stereocenters. The molecule has 24 heavy (non-hydrogen) atoms. The van der Waals surface area contributed by atoms with Gasteiger partial charge in [0.15, 0.2) is 6.61 Å². The number of aryl methyl sites for hydroxylation is 1. The summed E-state index contributed by atoms with van der Waals surface area (Å²) in [5.74, 6) is -0.255. The average Bonchev–Trinajstić information content (AvgIpc) is 2.48. The van der Waals surface area contributed by atoms with Gasteiger partial charge in [-0.3, -0.25) is 4.72 Å². The average molecular weight is 425 g/mol. The summed E-state index contributed by atoms with van der Waals surface area (Å²) in [7, 11) is -3.83. The van der Waals surface area contributed by atoms with Gasteiger partial charge < -0.3 is 4.74 Å². The van der Waals surface area contributed by atoms with Crippen LogP contribution in [-0.4, -0.2) is 26.2 Å². The lowest BCUT2D eigenvalue weighted by atomic mass is 10.2. The number of nitrogens with zero attached hydrogens (tertiary/aromatic N) is 1. The lowest BCUT2D eigenvalue weighted by Gasteiger charge is -2.11. The quantitative estimate of drug-likeness (QED) is 0.790. The zero-order valence-electron chi connectivity index (χ0n) is 12.3. The molecule has 0 saturated heterocycles. The van der Waals surface area contributed by atoms with Crippen LogP contribution in [0.4, 0.5) is 18.9 Å². The van der Waals surface area contributed by atoms with E-state index in [1.807, 2.05) is 0 Å².